The van der Waals surface area contributed by atoms with Gasteiger partial charge in [0.2, 0.25) is 5.13 Å². The standard InChI is InChI=1S/C20H16N4O4S/c1-2-3-17-23-24-20(29-17)22-18(25)14(11-21)10-15-8-9-16(28-15)12-4-6-13(7-5-12)19(26)27/h4-10H,2-3H2,1H3,(H,26,27)(H,22,24,25)/b14-10-. The quantitative estimate of drug-likeness (QED) is 0.446. The zero-order valence-electron chi connectivity index (χ0n) is 15.4. The zero-order valence-corrected chi connectivity index (χ0v) is 16.2. The minimum Gasteiger partial charge on any atom is -0.478 e. The number of anilines is 1. The largest absolute Gasteiger partial charge is 0.478 e. The molecule has 0 atom stereocenters. The monoisotopic (exact) mass is 408 g/mol. The number of carboxylic acid groups (broad SMARTS) is 1. The number of benzene rings is 1. The lowest BCUT2D eigenvalue weighted by Crippen LogP contribution is -2.13. The van der Waals surface area contributed by atoms with Gasteiger partial charge in [0.15, 0.2) is 0 Å². The summed E-state index contributed by atoms with van der Waals surface area (Å²) >= 11 is 1.27. The molecule has 2 N–H and O–H groups in total. The number of carbonyl (C=O) groups excluding carboxylic acids is 1. The van der Waals surface area contributed by atoms with E-state index in [0.29, 0.717) is 22.2 Å². The maximum Gasteiger partial charge on any atom is 0.335 e. The number of carboxylic acids is 1. The average molecular weight is 408 g/mol. The molecule has 1 amide bonds. The average Bonchev–Trinajstić information content (AvgIpc) is 3.36. The number of nitriles is 1. The molecule has 3 rings (SSSR count). The summed E-state index contributed by atoms with van der Waals surface area (Å²) in [7, 11) is 0. The van der Waals surface area contributed by atoms with E-state index in [0.717, 1.165) is 17.8 Å². The van der Waals surface area contributed by atoms with E-state index in [1.807, 2.05) is 13.0 Å². The molecule has 8 nitrogen and oxygen atoms in total. The molecule has 29 heavy (non-hydrogen) atoms. The predicted molar refractivity (Wildman–Crippen MR) is 107 cm³/mol. The Morgan fingerprint density at radius 1 is 1.24 bits per heavy atom. The van der Waals surface area contributed by atoms with Crippen molar-refractivity contribution >= 4 is 34.4 Å². The number of nitrogens with one attached hydrogen (secondary N) is 1. The summed E-state index contributed by atoms with van der Waals surface area (Å²) in [5.41, 5.74) is 0.705. The van der Waals surface area contributed by atoms with Crippen molar-refractivity contribution in [2.75, 3.05) is 5.32 Å². The van der Waals surface area contributed by atoms with Gasteiger partial charge in [-0.05, 0) is 30.7 Å². The van der Waals surface area contributed by atoms with Gasteiger partial charge in [0.1, 0.15) is 28.2 Å². The number of aromatic carboxylic acids is 1. The highest BCUT2D eigenvalue weighted by Crippen LogP contribution is 2.24. The Balaban J connectivity index is 1.74. The maximum absolute atomic E-state index is 12.3. The number of furan rings is 1. The Hall–Kier alpha value is -3.77. The van der Waals surface area contributed by atoms with Crippen LogP contribution in [0, 0.1) is 11.3 Å². The van der Waals surface area contributed by atoms with Gasteiger partial charge in [0.05, 0.1) is 5.56 Å². The molecule has 0 saturated heterocycles. The van der Waals surface area contributed by atoms with Gasteiger partial charge < -0.3 is 9.52 Å². The Morgan fingerprint density at radius 3 is 2.66 bits per heavy atom. The molecule has 0 aliphatic heterocycles. The maximum atomic E-state index is 12.3. The van der Waals surface area contributed by atoms with Gasteiger partial charge in [-0.15, -0.1) is 10.2 Å². The van der Waals surface area contributed by atoms with E-state index in [9.17, 15) is 14.9 Å². The van der Waals surface area contributed by atoms with E-state index in [4.69, 9.17) is 9.52 Å². The topological polar surface area (TPSA) is 129 Å². The van der Waals surface area contributed by atoms with E-state index < -0.39 is 11.9 Å². The number of hydrogen-bond acceptors (Lipinski definition) is 7. The van der Waals surface area contributed by atoms with Crippen LogP contribution in [0.2, 0.25) is 0 Å². The minimum atomic E-state index is -1.01. The molecular weight excluding hydrogens is 392 g/mol. The van der Waals surface area contributed by atoms with Crippen LogP contribution in [0.15, 0.2) is 46.4 Å². The van der Waals surface area contributed by atoms with Crippen LogP contribution in [0.5, 0.6) is 0 Å². The van der Waals surface area contributed by atoms with Crippen molar-refractivity contribution in [3.8, 4) is 17.4 Å². The fourth-order valence-corrected chi connectivity index (χ4v) is 3.27. The van der Waals surface area contributed by atoms with Gasteiger partial charge in [-0.2, -0.15) is 5.26 Å². The highest BCUT2D eigenvalue weighted by atomic mass is 32.1. The normalized spacial score (nSPS) is 11.1. The Kier molecular flexibility index (Phi) is 6.16. The molecule has 2 aromatic heterocycles. The van der Waals surface area contributed by atoms with Crippen LogP contribution < -0.4 is 5.32 Å². The first-order valence-electron chi connectivity index (χ1n) is 8.69. The Labute approximate surface area is 170 Å². The van der Waals surface area contributed by atoms with Gasteiger partial charge >= 0.3 is 5.97 Å². The van der Waals surface area contributed by atoms with E-state index in [1.54, 1.807) is 24.3 Å². The van der Waals surface area contributed by atoms with Crippen LogP contribution in [0.25, 0.3) is 17.4 Å². The third-order valence-corrected chi connectivity index (χ3v) is 4.74. The van der Waals surface area contributed by atoms with E-state index in [1.165, 1.54) is 29.5 Å². The summed E-state index contributed by atoms with van der Waals surface area (Å²) < 4.78 is 5.66. The molecule has 0 spiro atoms. The van der Waals surface area contributed by atoms with E-state index in [-0.39, 0.29) is 11.1 Å². The van der Waals surface area contributed by atoms with Gasteiger partial charge in [0.25, 0.3) is 5.91 Å². The molecule has 0 radical (unpaired) electrons. The third kappa shape index (κ3) is 4.94. The van der Waals surface area contributed by atoms with Gasteiger partial charge in [-0.25, -0.2) is 4.79 Å². The van der Waals surface area contributed by atoms with Crippen LogP contribution in [0.3, 0.4) is 0 Å². The first-order chi connectivity index (χ1) is 14.0. The van der Waals surface area contributed by atoms with Crippen LogP contribution in [-0.4, -0.2) is 27.2 Å². The smallest absolute Gasteiger partial charge is 0.335 e. The molecule has 0 bridgehead atoms. The first kappa shape index (κ1) is 20.0. The molecule has 146 valence electrons. The molecule has 0 unspecified atom stereocenters. The highest BCUT2D eigenvalue weighted by Gasteiger charge is 2.14. The van der Waals surface area contributed by atoms with Crippen molar-refractivity contribution < 1.29 is 19.1 Å². The van der Waals surface area contributed by atoms with Crippen LogP contribution >= 0.6 is 11.3 Å². The number of amides is 1. The zero-order chi connectivity index (χ0) is 20.8. The molecule has 1 aromatic carbocycles. The SMILES string of the molecule is CCCc1nnc(NC(=O)/C(C#N)=C\c2ccc(-c3ccc(C(=O)O)cc3)o2)s1. The van der Waals surface area contributed by atoms with Gasteiger partial charge in [-0.3, -0.25) is 10.1 Å². The molecule has 9 heteroatoms. The first-order valence-corrected chi connectivity index (χ1v) is 9.51. The number of hydrogen-bond donors (Lipinski definition) is 2. The Bertz CT molecular complexity index is 1110. The summed E-state index contributed by atoms with van der Waals surface area (Å²) in [6.07, 6.45) is 3.03. The van der Waals surface area contributed by atoms with Crippen molar-refractivity contribution in [2.24, 2.45) is 0 Å². The van der Waals surface area contributed by atoms with Crippen molar-refractivity contribution in [2.45, 2.75) is 19.8 Å². The summed E-state index contributed by atoms with van der Waals surface area (Å²) in [6, 6.07) is 11.3. The van der Waals surface area contributed by atoms with E-state index in [2.05, 4.69) is 15.5 Å². The third-order valence-electron chi connectivity index (χ3n) is 3.85. The predicted octanol–water partition coefficient (Wildman–Crippen LogP) is 3.99. The second-order valence-corrected chi connectivity index (χ2v) is 7.02. The second-order valence-electron chi connectivity index (χ2n) is 5.96. The van der Waals surface area contributed by atoms with Crippen LogP contribution in [-0.2, 0) is 11.2 Å². The fraction of sp³-hybridized carbons (Fsp3) is 0.150. The summed E-state index contributed by atoms with van der Waals surface area (Å²) in [5, 5.41) is 29.9. The number of aryl methyl sites for hydroxylation is 1. The number of carbonyl (C=O) groups is 2. The number of rotatable bonds is 7. The Morgan fingerprint density at radius 2 is 2.00 bits per heavy atom. The van der Waals surface area contributed by atoms with Crippen LogP contribution in [0.1, 0.15) is 34.5 Å². The molecule has 0 fully saturated rings. The number of nitrogens with zero attached hydrogens (tertiary/aromatic N) is 3. The van der Waals surface area contributed by atoms with Gasteiger partial charge in [-0.1, -0.05) is 30.4 Å². The number of aromatic nitrogens is 2. The molecule has 0 saturated carbocycles. The lowest BCUT2D eigenvalue weighted by molar-refractivity contribution is -0.112. The molecular formula is C20H16N4O4S. The van der Waals surface area contributed by atoms with Crippen molar-refractivity contribution in [3.63, 3.8) is 0 Å². The highest BCUT2D eigenvalue weighted by molar-refractivity contribution is 7.15. The lowest BCUT2D eigenvalue weighted by atomic mass is 10.1. The summed E-state index contributed by atoms with van der Waals surface area (Å²) in [4.78, 5) is 23.3. The van der Waals surface area contributed by atoms with Crippen molar-refractivity contribution in [3.05, 3.63) is 58.3 Å². The van der Waals surface area contributed by atoms with Crippen molar-refractivity contribution in [1.29, 1.82) is 5.26 Å². The summed E-state index contributed by atoms with van der Waals surface area (Å²) in [6.45, 7) is 2.02. The van der Waals surface area contributed by atoms with E-state index >= 15 is 0 Å². The molecule has 2 heterocycles. The lowest BCUT2D eigenvalue weighted by Gasteiger charge is -1.99. The summed E-state index contributed by atoms with van der Waals surface area (Å²) in [5.74, 6) is -0.811. The van der Waals surface area contributed by atoms with Gasteiger partial charge in [0, 0.05) is 18.1 Å². The second kappa shape index (κ2) is 8.95. The van der Waals surface area contributed by atoms with Crippen LogP contribution in [0.4, 0.5) is 5.13 Å². The fourth-order valence-electron chi connectivity index (χ4n) is 2.44. The molecule has 3 aromatic rings. The minimum absolute atomic E-state index is 0.139. The molecule has 0 aliphatic rings. The molecule has 0 aliphatic carbocycles. The van der Waals surface area contributed by atoms with Crippen molar-refractivity contribution in [1.82, 2.24) is 10.2 Å².